The molecule has 0 saturated heterocycles. The van der Waals surface area contributed by atoms with Crippen LogP contribution in [0.5, 0.6) is 0 Å². The van der Waals surface area contributed by atoms with E-state index in [1.165, 1.54) is 0 Å². The summed E-state index contributed by atoms with van der Waals surface area (Å²) in [6.07, 6.45) is 3.98. The van der Waals surface area contributed by atoms with Gasteiger partial charge in [-0.2, -0.15) is 0 Å². The van der Waals surface area contributed by atoms with E-state index in [0.717, 1.165) is 23.7 Å². The number of thiazole rings is 1. The minimum atomic E-state index is -0.181. The molecular formula is C13H20N4OS. The number of nitrogens with one attached hydrogen (secondary N) is 1. The standard InChI is InChI=1S/C13H20N4OS/c1-4-16(5-2)12(18)10(3)14-8-11-9-17-6-7-19-13(17)15-11/h6-7,9-10,14H,4-5,8H2,1-3H3. The molecule has 0 aromatic carbocycles. The second-order valence-corrected chi connectivity index (χ2v) is 5.31. The summed E-state index contributed by atoms with van der Waals surface area (Å²) in [5.74, 6) is 0.144. The lowest BCUT2D eigenvalue weighted by molar-refractivity contribution is -0.132. The highest BCUT2D eigenvalue weighted by atomic mass is 32.1. The van der Waals surface area contributed by atoms with E-state index in [4.69, 9.17) is 0 Å². The molecule has 104 valence electrons. The number of imidazole rings is 1. The van der Waals surface area contributed by atoms with Gasteiger partial charge in [-0.1, -0.05) is 0 Å². The predicted molar refractivity (Wildman–Crippen MR) is 77.3 cm³/mol. The molecule has 0 spiro atoms. The lowest BCUT2D eigenvalue weighted by Gasteiger charge is -2.23. The SMILES string of the molecule is CCN(CC)C(=O)C(C)NCc1cn2ccsc2n1. The maximum atomic E-state index is 12.1. The number of hydrogen-bond donors (Lipinski definition) is 1. The smallest absolute Gasteiger partial charge is 0.239 e. The van der Waals surface area contributed by atoms with Gasteiger partial charge in [0.1, 0.15) is 0 Å². The van der Waals surface area contributed by atoms with Crippen LogP contribution in [0, 0.1) is 0 Å². The van der Waals surface area contributed by atoms with Gasteiger partial charge in [0.2, 0.25) is 5.91 Å². The topological polar surface area (TPSA) is 49.6 Å². The number of likely N-dealkylation sites (N-methyl/N-ethyl adjacent to an activating group) is 1. The summed E-state index contributed by atoms with van der Waals surface area (Å²) >= 11 is 1.61. The number of carbonyl (C=O) groups is 1. The van der Waals surface area contributed by atoms with E-state index < -0.39 is 0 Å². The summed E-state index contributed by atoms with van der Waals surface area (Å²) in [6, 6.07) is -0.181. The molecule has 19 heavy (non-hydrogen) atoms. The Morgan fingerprint density at radius 1 is 1.53 bits per heavy atom. The molecule has 1 N–H and O–H groups in total. The summed E-state index contributed by atoms with van der Waals surface area (Å²) in [6.45, 7) is 8.01. The normalized spacial score (nSPS) is 12.8. The highest BCUT2D eigenvalue weighted by molar-refractivity contribution is 7.15. The number of amides is 1. The first-order valence-corrected chi connectivity index (χ1v) is 7.46. The fraction of sp³-hybridized carbons (Fsp3) is 0.538. The average Bonchev–Trinajstić information content (AvgIpc) is 2.97. The molecule has 0 aliphatic carbocycles. The number of fused-ring (bicyclic) bond motifs is 1. The van der Waals surface area contributed by atoms with E-state index in [0.29, 0.717) is 6.54 Å². The van der Waals surface area contributed by atoms with Gasteiger partial charge in [0, 0.05) is 37.4 Å². The number of carbonyl (C=O) groups excluding carboxylic acids is 1. The van der Waals surface area contributed by atoms with Crippen LogP contribution >= 0.6 is 11.3 Å². The summed E-state index contributed by atoms with van der Waals surface area (Å²) in [5, 5.41) is 5.24. The van der Waals surface area contributed by atoms with Gasteiger partial charge in [-0.25, -0.2) is 4.98 Å². The van der Waals surface area contributed by atoms with Crippen LogP contribution in [0.2, 0.25) is 0 Å². The first-order chi connectivity index (χ1) is 9.15. The van der Waals surface area contributed by atoms with Crippen LogP contribution in [0.3, 0.4) is 0 Å². The average molecular weight is 280 g/mol. The minimum absolute atomic E-state index is 0.144. The Morgan fingerprint density at radius 3 is 2.89 bits per heavy atom. The highest BCUT2D eigenvalue weighted by Gasteiger charge is 2.17. The van der Waals surface area contributed by atoms with E-state index >= 15 is 0 Å². The Hall–Kier alpha value is -1.40. The molecule has 6 heteroatoms. The molecule has 0 fully saturated rings. The predicted octanol–water partition coefficient (Wildman–Crippen LogP) is 1.74. The van der Waals surface area contributed by atoms with Crippen LogP contribution in [0.4, 0.5) is 0 Å². The molecule has 0 aliphatic rings. The molecule has 0 aliphatic heterocycles. The zero-order chi connectivity index (χ0) is 13.8. The van der Waals surface area contributed by atoms with Crippen molar-refractivity contribution in [2.24, 2.45) is 0 Å². The number of nitrogens with zero attached hydrogens (tertiary/aromatic N) is 3. The lowest BCUT2D eigenvalue weighted by Crippen LogP contribution is -2.44. The molecule has 2 aromatic heterocycles. The third-order valence-corrected chi connectivity index (χ3v) is 3.95. The van der Waals surface area contributed by atoms with Crippen molar-refractivity contribution in [3.63, 3.8) is 0 Å². The van der Waals surface area contributed by atoms with Gasteiger partial charge >= 0.3 is 0 Å². The van der Waals surface area contributed by atoms with Crippen molar-refractivity contribution in [1.29, 1.82) is 0 Å². The van der Waals surface area contributed by atoms with Crippen molar-refractivity contribution in [2.45, 2.75) is 33.4 Å². The summed E-state index contributed by atoms with van der Waals surface area (Å²) in [4.78, 5) is 19.4. The van der Waals surface area contributed by atoms with Crippen LogP contribution in [0.15, 0.2) is 17.8 Å². The van der Waals surface area contributed by atoms with Crippen molar-refractivity contribution in [1.82, 2.24) is 19.6 Å². The fourth-order valence-electron chi connectivity index (χ4n) is 2.02. The van der Waals surface area contributed by atoms with Gasteiger partial charge in [-0.15, -0.1) is 11.3 Å². The molecule has 1 unspecified atom stereocenters. The Labute approximate surface area is 117 Å². The van der Waals surface area contributed by atoms with E-state index in [-0.39, 0.29) is 11.9 Å². The molecule has 1 atom stereocenters. The van der Waals surface area contributed by atoms with E-state index in [1.807, 2.05) is 47.8 Å². The second kappa shape index (κ2) is 6.16. The first-order valence-electron chi connectivity index (χ1n) is 6.59. The van der Waals surface area contributed by atoms with Crippen molar-refractivity contribution in [3.05, 3.63) is 23.5 Å². The van der Waals surface area contributed by atoms with Crippen LogP contribution in [-0.4, -0.2) is 39.3 Å². The maximum absolute atomic E-state index is 12.1. The minimum Gasteiger partial charge on any atom is -0.342 e. The maximum Gasteiger partial charge on any atom is 0.239 e. The van der Waals surface area contributed by atoms with Crippen molar-refractivity contribution in [3.8, 4) is 0 Å². The van der Waals surface area contributed by atoms with Gasteiger partial charge in [0.25, 0.3) is 0 Å². The number of aromatic nitrogens is 2. The van der Waals surface area contributed by atoms with Crippen LogP contribution in [0.1, 0.15) is 26.5 Å². The zero-order valence-corrected chi connectivity index (χ0v) is 12.4. The van der Waals surface area contributed by atoms with Gasteiger partial charge in [0.05, 0.1) is 11.7 Å². The zero-order valence-electron chi connectivity index (χ0n) is 11.6. The molecule has 0 saturated carbocycles. The van der Waals surface area contributed by atoms with Crippen molar-refractivity contribution < 1.29 is 4.79 Å². The number of hydrogen-bond acceptors (Lipinski definition) is 4. The van der Waals surface area contributed by atoms with E-state index in [9.17, 15) is 4.79 Å². The van der Waals surface area contributed by atoms with Gasteiger partial charge < -0.3 is 10.2 Å². The molecule has 5 nitrogen and oxygen atoms in total. The quantitative estimate of drug-likeness (QED) is 0.877. The summed E-state index contributed by atoms with van der Waals surface area (Å²) in [7, 11) is 0. The van der Waals surface area contributed by atoms with Gasteiger partial charge in [-0.05, 0) is 20.8 Å². The lowest BCUT2D eigenvalue weighted by atomic mass is 10.2. The third kappa shape index (κ3) is 3.13. The first kappa shape index (κ1) is 14.0. The largest absolute Gasteiger partial charge is 0.342 e. The van der Waals surface area contributed by atoms with Crippen molar-refractivity contribution >= 4 is 22.2 Å². The second-order valence-electron chi connectivity index (χ2n) is 4.44. The van der Waals surface area contributed by atoms with Crippen LogP contribution in [0.25, 0.3) is 4.96 Å². The summed E-state index contributed by atoms with van der Waals surface area (Å²) in [5.41, 5.74) is 0.964. The molecular weight excluding hydrogens is 260 g/mol. The van der Waals surface area contributed by atoms with Gasteiger partial charge in [0.15, 0.2) is 4.96 Å². The molecule has 2 heterocycles. The molecule has 1 amide bonds. The van der Waals surface area contributed by atoms with Crippen molar-refractivity contribution in [2.75, 3.05) is 13.1 Å². The van der Waals surface area contributed by atoms with Crippen LogP contribution < -0.4 is 5.32 Å². The number of rotatable bonds is 6. The van der Waals surface area contributed by atoms with Gasteiger partial charge in [-0.3, -0.25) is 9.20 Å². The molecule has 0 bridgehead atoms. The summed E-state index contributed by atoms with van der Waals surface area (Å²) < 4.78 is 2.00. The molecule has 2 aromatic rings. The third-order valence-electron chi connectivity index (χ3n) is 3.18. The monoisotopic (exact) mass is 280 g/mol. The Morgan fingerprint density at radius 2 is 2.26 bits per heavy atom. The van der Waals surface area contributed by atoms with Crippen LogP contribution in [-0.2, 0) is 11.3 Å². The fourth-order valence-corrected chi connectivity index (χ4v) is 2.73. The Bertz CT molecular complexity index is 515. The highest BCUT2D eigenvalue weighted by Crippen LogP contribution is 2.11. The molecule has 0 radical (unpaired) electrons. The van der Waals surface area contributed by atoms with E-state index in [2.05, 4.69) is 10.3 Å². The Balaban J connectivity index is 1.91. The Kier molecular flexibility index (Phi) is 4.55. The molecule has 2 rings (SSSR count). The van der Waals surface area contributed by atoms with E-state index in [1.54, 1.807) is 11.3 Å².